The molecule has 65 heavy (non-hydrogen) atoms. The maximum absolute atomic E-state index is 12.2. The first kappa shape index (κ1) is 49.0. The molecular formula is C61H76O4. The molecule has 6 rings (SSSR count). The SMILES string of the molecule is Cc1cc(-c2cc(C(C)(C)C)cc(C(C)(C)C)c2)c(O)c(-c2cc(C)cc(C)c2OCCCOc2c(C)cc(C)cc2-c2cc(C)cc(-c3cc(C(C)(C)C)cc(C(C)(C)C)c3)c2O)c1. The van der Waals surface area contributed by atoms with E-state index < -0.39 is 0 Å². The van der Waals surface area contributed by atoms with Crippen LogP contribution in [0.5, 0.6) is 23.0 Å². The highest BCUT2D eigenvalue weighted by Gasteiger charge is 2.26. The number of ether oxygens (including phenoxy) is 2. The monoisotopic (exact) mass is 873 g/mol. The molecule has 0 bridgehead atoms. The van der Waals surface area contributed by atoms with E-state index in [9.17, 15) is 10.2 Å². The fourth-order valence-electron chi connectivity index (χ4n) is 8.81. The minimum atomic E-state index is -0.0574. The summed E-state index contributed by atoms with van der Waals surface area (Å²) in [6.07, 6.45) is 0.625. The van der Waals surface area contributed by atoms with Gasteiger partial charge >= 0.3 is 0 Å². The third-order valence-electron chi connectivity index (χ3n) is 12.7. The summed E-state index contributed by atoms with van der Waals surface area (Å²) in [4.78, 5) is 0. The van der Waals surface area contributed by atoms with Gasteiger partial charge in [0.2, 0.25) is 0 Å². The minimum absolute atomic E-state index is 0.0574. The summed E-state index contributed by atoms with van der Waals surface area (Å²) in [5, 5.41) is 24.5. The van der Waals surface area contributed by atoms with Crippen molar-refractivity contribution in [3.05, 3.63) is 141 Å². The van der Waals surface area contributed by atoms with E-state index in [-0.39, 0.29) is 33.2 Å². The third-order valence-corrected chi connectivity index (χ3v) is 12.7. The molecule has 344 valence electrons. The molecule has 0 saturated heterocycles. The largest absolute Gasteiger partial charge is 0.507 e. The molecule has 6 aromatic carbocycles. The van der Waals surface area contributed by atoms with Crippen LogP contribution in [0.15, 0.2) is 84.9 Å². The highest BCUT2D eigenvalue weighted by molar-refractivity contribution is 5.88. The number of hydrogen-bond donors (Lipinski definition) is 2. The number of hydrogen-bond acceptors (Lipinski definition) is 4. The quantitative estimate of drug-likeness (QED) is 0.135. The van der Waals surface area contributed by atoms with Crippen LogP contribution in [-0.2, 0) is 21.7 Å². The van der Waals surface area contributed by atoms with Gasteiger partial charge in [-0.3, -0.25) is 0 Å². The molecule has 2 N–H and O–H groups in total. The van der Waals surface area contributed by atoms with E-state index in [1.54, 1.807) is 0 Å². The summed E-state index contributed by atoms with van der Waals surface area (Å²) in [6, 6.07) is 30.4. The van der Waals surface area contributed by atoms with Crippen molar-refractivity contribution < 1.29 is 19.7 Å². The predicted molar refractivity (Wildman–Crippen MR) is 277 cm³/mol. The minimum Gasteiger partial charge on any atom is -0.507 e. The first-order valence-electron chi connectivity index (χ1n) is 23.5. The molecule has 0 aromatic heterocycles. The average Bonchev–Trinajstić information content (AvgIpc) is 3.18. The Morgan fingerprint density at radius 3 is 0.892 bits per heavy atom. The Labute approximate surface area is 392 Å². The van der Waals surface area contributed by atoms with Crippen LogP contribution in [0.2, 0.25) is 0 Å². The van der Waals surface area contributed by atoms with Crippen LogP contribution in [0.3, 0.4) is 0 Å². The van der Waals surface area contributed by atoms with Gasteiger partial charge in [0.05, 0.1) is 13.2 Å². The Morgan fingerprint density at radius 2 is 0.600 bits per heavy atom. The molecule has 0 spiro atoms. The number of rotatable bonds is 10. The van der Waals surface area contributed by atoms with E-state index in [1.807, 2.05) is 0 Å². The van der Waals surface area contributed by atoms with Crippen LogP contribution in [0, 0.1) is 41.5 Å². The van der Waals surface area contributed by atoms with Crippen molar-refractivity contribution in [1.29, 1.82) is 0 Å². The van der Waals surface area contributed by atoms with Gasteiger partial charge in [0.25, 0.3) is 0 Å². The fourth-order valence-corrected chi connectivity index (χ4v) is 8.81. The summed E-state index contributed by atoms with van der Waals surface area (Å²) >= 11 is 0. The van der Waals surface area contributed by atoms with Crippen molar-refractivity contribution >= 4 is 0 Å². The standard InChI is InChI=1S/C61H76O4/c1-36-22-40(5)56(52(28-36)50-26-38(3)24-48(54(50)62)42-30-44(58(7,8)9)34-45(31-42)59(10,11)12)64-20-19-21-65-57-41(6)23-37(2)29-53(57)51-27-39(4)25-49(55(51)63)43-32-46(60(13,14)15)35-47(33-43)61(16,17)18/h22-35,62-63H,19-21H2,1-18H3. The van der Waals surface area contributed by atoms with Crippen molar-refractivity contribution in [2.45, 2.75) is 153 Å². The normalized spacial score (nSPS) is 12.5. The summed E-state index contributed by atoms with van der Waals surface area (Å²) in [5.74, 6) is 2.02. The van der Waals surface area contributed by atoms with E-state index in [0.717, 1.165) is 89.4 Å². The lowest BCUT2D eigenvalue weighted by Crippen LogP contribution is -2.16. The molecule has 0 aliphatic heterocycles. The smallest absolute Gasteiger partial charge is 0.131 e. The van der Waals surface area contributed by atoms with E-state index >= 15 is 0 Å². The maximum Gasteiger partial charge on any atom is 0.131 e. The molecule has 4 heteroatoms. The van der Waals surface area contributed by atoms with E-state index in [2.05, 4.69) is 210 Å². The average molecular weight is 873 g/mol. The van der Waals surface area contributed by atoms with Gasteiger partial charge in [0.1, 0.15) is 23.0 Å². The highest BCUT2D eigenvalue weighted by Crippen LogP contribution is 2.48. The number of phenolic OH excluding ortho intramolecular Hbond substituents is 2. The second kappa shape index (κ2) is 18.1. The topological polar surface area (TPSA) is 58.9 Å². The van der Waals surface area contributed by atoms with Crippen molar-refractivity contribution in [2.75, 3.05) is 13.2 Å². The van der Waals surface area contributed by atoms with Crippen LogP contribution >= 0.6 is 0 Å². The lowest BCUT2D eigenvalue weighted by Gasteiger charge is -2.27. The van der Waals surface area contributed by atoms with Gasteiger partial charge in [-0.15, -0.1) is 0 Å². The molecule has 0 amide bonds. The van der Waals surface area contributed by atoms with Gasteiger partial charge in [-0.05, 0) is 166 Å². The molecule has 0 atom stereocenters. The summed E-state index contributed by atoms with van der Waals surface area (Å²) in [6.45, 7) is 40.3. The van der Waals surface area contributed by atoms with Gasteiger partial charge in [-0.2, -0.15) is 0 Å². The molecule has 0 saturated carbocycles. The first-order valence-corrected chi connectivity index (χ1v) is 23.5. The van der Waals surface area contributed by atoms with E-state index in [0.29, 0.717) is 19.6 Å². The first-order chi connectivity index (χ1) is 30.0. The summed E-state index contributed by atoms with van der Waals surface area (Å²) in [7, 11) is 0. The van der Waals surface area contributed by atoms with Crippen molar-refractivity contribution in [2.24, 2.45) is 0 Å². The van der Waals surface area contributed by atoms with Crippen molar-refractivity contribution in [3.63, 3.8) is 0 Å². The van der Waals surface area contributed by atoms with Crippen molar-refractivity contribution in [3.8, 4) is 67.5 Å². The van der Waals surface area contributed by atoms with Gasteiger partial charge in [0, 0.05) is 39.8 Å². The van der Waals surface area contributed by atoms with Crippen LogP contribution in [-0.4, -0.2) is 23.4 Å². The highest BCUT2D eigenvalue weighted by atomic mass is 16.5. The molecular weight excluding hydrogens is 797 g/mol. The number of aromatic hydroxyl groups is 2. The lowest BCUT2D eigenvalue weighted by atomic mass is 9.78. The Kier molecular flexibility index (Phi) is 13.6. The molecule has 6 aromatic rings. The molecule has 0 unspecified atom stereocenters. The Balaban J connectivity index is 1.30. The fraction of sp³-hybridized carbons (Fsp3) is 0.410. The number of benzene rings is 6. The Hall–Kier alpha value is -5.48. The zero-order valence-electron chi connectivity index (χ0n) is 42.9. The molecule has 0 fully saturated rings. The van der Waals surface area contributed by atoms with Crippen molar-refractivity contribution in [1.82, 2.24) is 0 Å². The zero-order valence-corrected chi connectivity index (χ0v) is 42.9. The zero-order chi connectivity index (χ0) is 48.1. The molecule has 0 aliphatic rings. The van der Waals surface area contributed by atoms with Gasteiger partial charge in [-0.1, -0.05) is 132 Å². The maximum atomic E-state index is 12.2. The van der Waals surface area contributed by atoms with Crippen LogP contribution in [0.1, 0.15) is 145 Å². The lowest BCUT2D eigenvalue weighted by molar-refractivity contribution is 0.247. The third kappa shape index (κ3) is 11.0. The predicted octanol–water partition coefficient (Wildman–Crippen LogP) is 16.7. The number of phenols is 2. The molecule has 0 aliphatic carbocycles. The molecule has 0 heterocycles. The van der Waals surface area contributed by atoms with E-state index in [1.165, 1.54) is 22.3 Å². The van der Waals surface area contributed by atoms with Crippen LogP contribution in [0.25, 0.3) is 44.5 Å². The van der Waals surface area contributed by atoms with Gasteiger partial charge in [-0.25, -0.2) is 0 Å². The van der Waals surface area contributed by atoms with Crippen LogP contribution < -0.4 is 9.47 Å². The second-order valence-corrected chi connectivity index (χ2v) is 23.0. The van der Waals surface area contributed by atoms with Gasteiger partial charge in [0.15, 0.2) is 0 Å². The Bertz CT molecular complexity index is 2480. The van der Waals surface area contributed by atoms with E-state index in [4.69, 9.17) is 9.47 Å². The Morgan fingerprint density at radius 1 is 0.338 bits per heavy atom. The summed E-state index contributed by atoms with van der Waals surface area (Å²) < 4.78 is 13.4. The summed E-state index contributed by atoms with van der Waals surface area (Å²) in [5.41, 5.74) is 18.0. The molecule has 4 nitrogen and oxygen atoms in total. The van der Waals surface area contributed by atoms with Gasteiger partial charge < -0.3 is 19.7 Å². The number of aryl methyl sites for hydroxylation is 6. The van der Waals surface area contributed by atoms with Crippen LogP contribution in [0.4, 0.5) is 0 Å². The molecule has 0 radical (unpaired) electrons. The second-order valence-electron chi connectivity index (χ2n) is 23.0.